The number of aromatic nitrogens is 1. The van der Waals surface area contributed by atoms with Gasteiger partial charge in [0.1, 0.15) is 17.2 Å². The molecule has 0 saturated carbocycles. The summed E-state index contributed by atoms with van der Waals surface area (Å²) >= 11 is 0. The quantitative estimate of drug-likeness (QED) is 0.664. The molecule has 0 bridgehead atoms. The molecule has 2 rings (SSSR count). The van der Waals surface area contributed by atoms with E-state index in [-0.39, 0.29) is 23.0 Å². The number of benzene rings is 1. The van der Waals surface area contributed by atoms with Gasteiger partial charge in [0.25, 0.3) is 5.69 Å². The normalized spacial score (nSPS) is 10.1. The van der Waals surface area contributed by atoms with E-state index in [0.29, 0.717) is 5.75 Å². The summed E-state index contributed by atoms with van der Waals surface area (Å²) in [4.78, 5) is 14.1. The van der Waals surface area contributed by atoms with Gasteiger partial charge in [0.05, 0.1) is 4.92 Å². The van der Waals surface area contributed by atoms with Gasteiger partial charge in [-0.3, -0.25) is 10.1 Å². The van der Waals surface area contributed by atoms with Crippen molar-refractivity contribution in [2.75, 3.05) is 0 Å². The summed E-state index contributed by atoms with van der Waals surface area (Å²) in [5.74, 6) is 0.896. The molecule has 6 nitrogen and oxygen atoms in total. The van der Waals surface area contributed by atoms with Crippen molar-refractivity contribution in [2.24, 2.45) is 0 Å². The Bertz CT molecular complexity index is 581. The number of hydrogen-bond acceptors (Lipinski definition) is 5. The average molecular weight is 246 g/mol. The van der Waals surface area contributed by atoms with E-state index in [1.807, 2.05) is 0 Å². The summed E-state index contributed by atoms with van der Waals surface area (Å²) in [6.45, 7) is 1.54. The molecule has 1 aromatic carbocycles. The highest BCUT2D eigenvalue weighted by molar-refractivity contribution is 5.39. The molecule has 0 radical (unpaired) electrons. The highest BCUT2D eigenvalue weighted by atomic mass is 16.6. The van der Waals surface area contributed by atoms with Crippen molar-refractivity contribution in [3.63, 3.8) is 0 Å². The molecule has 0 aliphatic carbocycles. The minimum Gasteiger partial charge on any atom is -0.508 e. The second kappa shape index (κ2) is 4.70. The molecule has 0 amide bonds. The highest BCUT2D eigenvalue weighted by Gasteiger charge is 2.12. The Morgan fingerprint density at radius 3 is 2.44 bits per heavy atom. The van der Waals surface area contributed by atoms with E-state index >= 15 is 0 Å². The smallest absolute Gasteiger partial charge is 0.290 e. The van der Waals surface area contributed by atoms with Gasteiger partial charge in [-0.1, -0.05) is 0 Å². The number of rotatable bonds is 3. The Morgan fingerprint density at radius 1 is 1.22 bits per heavy atom. The average Bonchev–Trinajstić information content (AvgIpc) is 2.32. The van der Waals surface area contributed by atoms with Crippen molar-refractivity contribution in [1.82, 2.24) is 4.98 Å². The molecule has 1 aromatic heterocycles. The maximum absolute atomic E-state index is 10.6. The first-order chi connectivity index (χ1) is 8.56. The van der Waals surface area contributed by atoms with Crippen LogP contribution in [0.2, 0.25) is 0 Å². The van der Waals surface area contributed by atoms with Gasteiger partial charge in [-0.05, 0) is 31.2 Å². The largest absolute Gasteiger partial charge is 0.508 e. The van der Waals surface area contributed by atoms with E-state index in [2.05, 4.69) is 4.98 Å². The SMILES string of the molecule is Cc1nc(Oc2ccc(O)cc2)ccc1[N+](=O)[O-]. The van der Waals surface area contributed by atoms with E-state index in [0.717, 1.165) is 0 Å². The fraction of sp³-hybridized carbons (Fsp3) is 0.0833. The number of ether oxygens (including phenoxy) is 1. The number of hydrogen-bond donors (Lipinski definition) is 1. The summed E-state index contributed by atoms with van der Waals surface area (Å²) in [6, 6.07) is 8.89. The molecule has 92 valence electrons. The number of nitro groups is 1. The van der Waals surface area contributed by atoms with E-state index in [1.54, 1.807) is 19.1 Å². The summed E-state index contributed by atoms with van der Waals surface area (Å²) < 4.78 is 5.40. The first kappa shape index (κ1) is 11.8. The highest BCUT2D eigenvalue weighted by Crippen LogP contribution is 2.24. The molecule has 0 unspecified atom stereocenters. The van der Waals surface area contributed by atoms with Gasteiger partial charge >= 0.3 is 0 Å². The lowest BCUT2D eigenvalue weighted by molar-refractivity contribution is -0.385. The van der Waals surface area contributed by atoms with Crippen LogP contribution in [-0.4, -0.2) is 15.0 Å². The molecule has 1 heterocycles. The maximum Gasteiger partial charge on any atom is 0.290 e. The lowest BCUT2D eigenvalue weighted by Crippen LogP contribution is -1.96. The van der Waals surface area contributed by atoms with Crippen LogP contribution in [-0.2, 0) is 0 Å². The third kappa shape index (κ3) is 2.54. The third-order valence-electron chi connectivity index (χ3n) is 2.29. The fourth-order valence-electron chi connectivity index (χ4n) is 1.42. The predicted molar refractivity (Wildman–Crippen MR) is 63.8 cm³/mol. The van der Waals surface area contributed by atoms with Crippen molar-refractivity contribution < 1.29 is 14.8 Å². The zero-order chi connectivity index (χ0) is 13.1. The van der Waals surface area contributed by atoms with E-state index in [9.17, 15) is 10.1 Å². The Balaban J connectivity index is 2.22. The molecular formula is C12H10N2O4. The lowest BCUT2D eigenvalue weighted by atomic mass is 10.3. The second-order valence-corrected chi connectivity index (χ2v) is 3.61. The first-order valence-corrected chi connectivity index (χ1v) is 5.15. The van der Waals surface area contributed by atoms with Crippen LogP contribution >= 0.6 is 0 Å². The fourth-order valence-corrected chi connectivity index (χ4v) is 1.42. The molecule has 0 spiro atoms. The van der Waals surface area contributed by atoms with Gasteiger partial charge in [0.15, 0.2) is 0 Å². The van der Waals surface area contributed by atoms with Gasteiger partial charge in [-0.25, -0.2) is 4.98 Å². The molecule has 1 N–H and O–H groups in total. The first-order valence-electron chi connectivity index (χ1n) is 5.15. The van der Waals surface area contributed by atoms with E-state index in [4.69, 9.17) is 9.84 Å². The van der Waals surface area contributed by atoms with E-state index < -0.39 is 4.92 Å². The molecule has 0 aliphatic heterocycles. The monoisotopic (exact) mass is 246 g/mol. The molecular weight excluding hydrogens is 236 g/mol. The zero-order valence-electron chi connectivity index (χ0n) is 9.53. The summed E-state index contributed by atoms with van der Waals surface area (Å²) in [6.07, 6.45) is 0. The number of nitrogens with zero attached hydrogens (tertiary/aromatic N) is 2. The number of aromatic hydroxyl groups is 1. The van der Waals surface area contributed by atoms with Crippen LogP contribution in [0, 0.1) is 17.0 Å². The molecule has 0 fully saturated rings. The Kier molecular flexibility index (Phi) is 3.09. The van der Waals surface area contributed by atoms with Gasteiger partial charge in [0, 0.05) is 12.1 Å². The van der Waals surface area contributed by atoms with Crippen molar-refractivity contribution in [1.29, 1.82) is 0 Å². The minimum atomic E-state index is -0.493. The topological polar surface area (TPSA) is 85.5 Å². The summed E-state index contributed by atoms with van der Waals surface area (Å²) in [5, 5.41) is 19.7. The standard InChI is InChI=1S/C12H10N2O4/c1-8-11(14(16)17)6-7-12(13-8)18-10-4-2-9(15)3-5-10/h2-7,15H,1H3. The minimum absolute atomic E-state index is 0.0481. The molecule has 0 atom stereocenters. The van der Waals surface area contributed by atoms with Crippen LogP contribution in [0.15, 0.2) is 36.4 Å². The van der Waals surface area contributed by atoms with Crippen LogP contribution in [0.1, 0.15) is 5.69 Å². The second-order valence-electron chi connectivity index (χ2n) is 3.61. The Hall–Kier alpha value is -2.63. The van der Waals surface area contributed by atoms with Crippen molar-refractivity contribution in [3.8, 4) is 17.4 Å². The molecule has 0 saturated heterocycles. The van der Waals surface area contributed by atoms with Gasteiger partial charge in [0.2, 0.25) is 5.88 Å². The van der Waals surface area contributed by atoms with Crippen molar-refractivity contribution in [2.45, 2.75) is 6.92 Å². The Morgan fingerprint density at radius 2 is 1.89 bits per heavy atom. The molecule has 2 aromatic rings. The number of aryl methyl sites for hydroxylation is 1. The van der Waals surface area contributed by atoms with Gasteiger partial charge in [-0.2, -0.15) is 0 Å². The number of phenols is 1. The predicted octanol–water partition coefficient (Wildman–Crippen LogP) is 2.80. The van der Waals surface area contributed by atoms with Gasteiger partial charge < -0.3 is 9.84 Å². The molecule has 18 heavy (non-hydrogen) atoms. The maximum atomic E-state index is 10.6. The van der Waals surface area contributed by atoms with Crippen molar-refractivity contribution in [3.05, 3.63) is 52.2 Å². The van der Waals surface area contributed by atoms with Gasteiger partial charge in [-0.15, -0.1) is 0 Å². The molecule has 6 heteroatoms. The van der Waals surface area contributed by atoms with E-state index in [1.165, 1.54) is 24.3 Å². The Labute approximate surface area is 103 Å². The summed E-state index contributed by atoms with van der Waals surface area (Å²) in [7, 11) is 0. The van der Waals surface area contributed by atoms with Crippen LogP contribution in [0.4, 0.5) is 5.69 Å². The van der Waals surface area contributed by atoms with Crippen LogP contribution in [0.5, 0.6) is 17.4 Å². The summed E-state index contributed by atoms with van der Waals surface area (Å²) in [5.41, 5.74) is 0.240. The number of pyridine rings is 1. The lowest BCUT2D eigenvalue weighted by Gasteiger charge is -2.05. The third-order valence-corrected chi connectivity index (χ3v) is 2.29. The van der Waals surface area contributed by atoms with Crippen molar-refractivity contribution >= 4 is 5.69 Å². The van der Waals surface area contributed by atoms with Crippen LogP contribution in [0.3, 0.4) is 0 Å². The van der Waals surface area contributed by atoms with Crippen LogP contribution in [0.25, 0.3) is 0 Å². The number of phenolic OH excluding ortho intramolecular Hbond substituents is 1. The zero-order valence-corrected chi connectivity index (χ0v) is 9.53. The molecule has 0 aliphatic rings. The van der Waals surface area contributed by atoms with Crippen LogP contribution < -0.4 is 4.74 Å².